The lowest BCUT2D eigenvalue weighted by atomic mass is 9.85. The van der Waals surface area contributed by atoms with Crippen molar-refractivity contribution in [2.75, 3.05) is 5.32 Å². The molecule has 2 rings (SSSR count). The van der Waals surface area contributed by atoms with Gasteiger partial charge in [-0.15, -0.1) is 0 Å². The predicted molar refractivity (Wildman–Crippen MR) is 82.8 cm³/mol. The Morgan fingerprint density at radius 3 is 2.47 bits per heavy atom. The molecule has 1 aromatic rings. The van der Waals surface area contributed by atoms with Crippen LogP contribution in [0.25, 0.3) is 0 Å². The van der Waals surface area contributed by atoms with E-state index in [0.717, 1.165) is 12.8 Å². The summed E-state index contributed by atoms with van der Waals surface area (Å²) in [6, 6.07) is 4.93. The lowest BCUT2D eigenvalue weighted by molar-refractivity contribution is -0.122. The molecule has 1 fully saturated rings. The van der Waals surface area contributed by atoms with Crippen molar-refractivity contribution in [2.24, 2.45) is 11.1 Å². The fourth-order valence-corrected chi connectivity index (χ4v) is 3.15. The number of nitrogens with one attached hydrogen (secondary N) is 1. The number of amides is 1. The SMILES string of the molecule is NC(=S)C1(C(=O)Nc2ccc(Cl)cc2Cl)CCCC1. The molecule has 1 aliphatic carbocycles. The van der Waals surface area contributed by atoms with E-state index < -0.39 is 5.41 Å². The molecule has 6 heteroatoms. The normalized spacial score (nSPS) is 17.2. The molecule has 0 bridgehead atoms. The standard InChI is InChI=1S/C13H14Cl2N2OS/c14-8-3-4-10(9(15)7-8)17-12(18)13(11(16)19)5-1-2-6-13/h3-4,7H,1-2,5-6H2,(H2,16,19)(H,17,18). The van der Waals surface area contributed by atoms with E-state index in [-0.39, 0.29) is 10.9 Å². The number of anilines is 1. The van der Waals surface area contributed by atoms with Crippen molar-refractivity contribution >= 4 is 52.0 Å². The summed E-state index contributed by atoms with van der Waals surface area (Å²) in [6.07, 6.45) is 3.30. The fraction of sp³-hybridized carbons (Fsp3) is 0.385. The van der Waals surface area contributed by atoms with Crippen LogP contribution in [0, 0.1) is 5.41 Å². The number of halogens is 2. The third-order valence-electron chi connectivity index (χ3n) is 3.54. The Balaban J connectivity index is 2.22. The summed E-state index contributed by atoms with van der Waals surface area (Å²) in [5.41, 5.74) is 5.55. The largest absolute Gasteiger partial charge is 0.392 e. The summed E-state index contributed by atoms with van der Waals surface area (Å²) >= 11 is 16.9. The fourth-order valence-electron chi connectivity index (χ4n) is 2.40. The quantitative estimate of drug-likeness (QED) is 0.834. The summed E-state index contributed by atoms with van der Waals surface area (Å²) < 4.78 is 0. The van der Waals surface area contributed by atoms with E-state index in [2.05, 4.69) is 5.32 Å². The van der Waals surface area contributed by atoms with Gasteiger partial charge in [0.25, 0.3) is 0 Å². The van der Waals surface area contributed by atoms with Gasteiger partial charge in [0.05, 0.1) is 21.1 Å². The minimum absolute atomic E-state index is 0.179. The first-order valence-electron chi connectivity index (χ1n) is 6.02. The lowest BCUT2D eigenvalue weighted by Crippen LogP contribution is -2.43. The first kappa shape index (κ1) is 14.6. The zero-order valence-electron chi connectivity index (χ0n) is 10.2. The van der Waals surface area contributed by atoms with Crippen LogP contribution in [0.1, 0.15) is 25.7 Å². The number of carbonyl (C=O) groups excluding carboxylic acids is 1. The number of benzene rings is 1. The van der Waals surface area contributed by atoms with Crippen LogP contribution in [-0.2, 0) is 4.79 Å². The molecule has 1 aliphatic rings. The maximum Gasteiger partial charge on any atom is 0.237 e. The zero-order chi connectivity index (χ0) is 14.0. The second-order valence-corrected chi connectivity index (χ2v) is 6.02. The third kappa shape index (κ3) is 2.86. The predicted octanol–water partition coefficient (Wildman–Crippen LogP) is 3.78. The second-order valence-electron chi connectivity index (χ2n) is 4.73. The highest BCUT2D eigenvalue weighted by molar-refractivity contribution is 7.80. The molecule has 0 aliphatic heterocycles. The van der Waals surface area contributed by atoms with Crippen molar-refractivity contribution in [1.82, 2.24) is 0 Å². The Kier molecular flexibility index (Phi) is 4.33. The van der Waals surface area contributed by atoms with Crippen LogP contribution in [0.4, 0.5) is 5.69 Å². The zero-order valence-corrected chi connectivity index (χ0v) is 12.5. The molecule has 0 saturated heterocycles. The minimum atomic E-state index is -0.738. The lowest BCUT2D eigenvalue weighted by Gasteiger charge is -2.26. The molecule has 0 unspecified atom stereocenters. The summed E-state index contributed by atoms with van der Waals surface area (Å²) in [5, 5.41) is 3.73. The molecular formula is C13H14Cl2N2OS. The molecule has 102 valence electrons. The molecule has 0 heterocycles. The van der Waals surface area contributed by atoms with E-state index in [1.165, 1.54) is 0 Å². The smallest absolute Gasteiger partial charge is 0.237 e. The van der Waals surface area contributed by atoms with Gasteiger partial charge in [-0.2, -0.15) is 0 Å². The molecular weight excluding hydrogens is 303 g/mol. The van der Waals surface area contributed by atoms with Gasteiger partial charge >= 0.3 is 0 Å². The van der Waals surface area contributed by atoms with E-state index in [1.807, 2.05) is 0 Å². The van der Waals surface area contributed by atoms with Crippen LogP contribution in [0.15, 0.2) is 18.2 Å². The van der Waals surface area contributed by atoms with Crippen molar-refractivity contribution < 1.29 is 4.79 Å². The topological polar surface area (TPSA) is 55.1 Å². The molecule has 1 amide bonds. The Morgan fingerprint density at radius 2 is 1.95 bits per heavy atom. The number of nitrogens with two attached hydrogens (primary N) is 1. The van der Waals surface area contributed by atoms with Gasteiger partial charge in [0.15, 0.2) is 0 Å². The van der Waals surface area contributed by atoms with Crippen LogP contribution in [0.2, 0.25) is 10.0 Å². The maximum atomic E-state index is 12.4. The Morgan fingerprint density at radius 1 is 1.32 bits per heavy atom. The van der Waals surface area contributed by atoms with Crippen LogP contribution < -0.4 is 11.1 Å². The molecule has 19 heavy (non-hydrogen) atoms. The highest BCUT2D eigenvalue weighted by Crippen LogP contribution is 2.40. The van der Waals surface area contributed by atoms with E-state index in [1.54, 1.807) is 18.2 Å². The number of carbonyl (C=O) groups is 1. The Hall–Kier alpha value is -0.840. The van der Waals surface area contributed by atoms with Gasteiger partial charge in [-0.3, -0.25) is 4.79 Å². The van der Waals surface area contributed by atoms with Gasteiger partial charge in [-0.1, -0.05) is 48.3 Å². The van der Waals surface area contributed by atoms with Crippen molar-refractivity contribution in [2.45, 2.75) is 25.7 Å². The maximum absolute atomic E-state index is 12.4. The first-order chi connectivity index (χ1) is 8.95. The highest BCUT2D eigenvalue weighted by Gasteiger charge is 2.44. The highest BCUT2D eigenvalue weighted by atomic mass is 35.5. The van der Waals surface area contributed by atoms with E-state index in [0.29, 0.717) is 28.6 Å². The Bertz CT molecular complexity index is 527. The molecule has 1 aromatic carbocycles. The van der Waals surface area contributed by atoms with Crippen LogP contribution in [0.5, 0.6) is 0 Å². The van der Waals surface area contributed by atoms with E-state index >= 15 is 0 Å². The number of rotatable bonds is 3. The van der Waals surface area contributed by atoms with E-state index in [4.69, 9.17) is 41.2 Å². The van der Waals surface area contributed by atoms with Crippen molar-refractivity contribution in [3.63, 3.8) is 0 Å². The number of hydrogen-bond acceptors (Lipinski definition) is 2. The van der Waals surface area contributed by atoms with Gasteiger partial charge in [-0.25, -0.2) is 0 Å². The monoisotopic (exact) mass is 316 g/mol. The van der Waals surface area contributed by atoms with Crippen LogP contribution in [-0.4, -0.2) is 10.9 Å². The number of hydrogen-bond donors (Lipinski definition) is 2. The van der Waals surface area contributed by atoms with Crippen molar-refractivity contribution in [3.8, 4) is 0 Å². The third-order valence-corrected chi connectivity index (χ3v) is 4.48. The van der Waals surface area contributed by atoms with E-state index in [9.17, 15) is 4.79 Å². The molecule has 0 aromatic heterocycles. The molecule has 0 radical (unpaired) electrons. The first-order valence-corrected chi connectivity index (χ1v) is 7.18. The van der Waals surface area contributed by atoms with Gasteiger partial charge in [0, 0.05) is 5.02 Å². The summed E-state index contributed by atoms with van der Waals surface area (Å²) in [6.45, 7) is 0. The van der Waals surface area contributed by atoms with Crippen LogP contribution >= 0.6 is 35.4 Å². The van der Waals surface area contributed by atoms with Gasteiger partial charge in [-0.05, 0) is 31.0 Å². The van der Waals surface area contributed by atoms with Gasteiger partial charge in [0.2, 0.25) is 5.91 Å². The molecule has 3 N–H and O–H groups in total. The molecule has 1 saturated carbocycles. The van der Waals surface area contributed by atoms with Gasteiger partial charge < -0.3 is 11.1 Å². The average Bonchev–Trinajstić information content (AvgIpc) is 2.83. The molecule has 0 atom stereocenters. The average molecular weight is 317 g/mol. The molecule has 0 spiro atoms. The Labute approximate surface area is 127 Å². The van der Waals surface area contributed by atoms with Crippen molar-refractivity contribution in [1.29, 1.82) is 0 Å². The van der Waals surface area contributed by atoms with Crippen molar-refractivity contribution in [3.05, 3.63) is 28.2 Å². The summed E-state index contributed by atoms with van der Waals surface area (Å²) in [5.74, 6) is -0.179. The molecule has 3 nitrogen and oxygen atoms in total. The van der Waals surface area contributed by atoms with Gasteiger partial charge in [0.1, 0.15) is 0 Å². The second kappa shape index (κ2) is 5.65. The minimum Gasteiger partial charge on any atom is -0.392 e. The van der Waals surface area contributed by atoms with Crippen LogP contribution in [0.3, 0.4) is 0 Å². The summed E-state index contributed by atoms with van der Waals surface area (Å²) in [7, 11) is 0. The number of thiocarbonyl (C=S) groups is 1. The summed E-state index contributed by atoms with van der Waals surface area (Å²) in [4.78, 5) is 12.7.